The Morgan fingerprint density at radius 2 is 1.80 bits per heavy atom. The molecule has 0 aliphatic heterocycles. The molecule has 1 aromatic heterocycles. The number of pyridine rings is 1. The summed E-state index contributed by atoms with van der Waals surface area (Å²) in [6.07, 6.45) is 1.71. The van der Waals surface area contributed by atoms with Crippen LogP contribution in [0.25, 0.3) is 0 Å². The smallest absolute Gasteiger partial charge is 0.277 e. The van der Waals surface area contributed by atoms with Crippen LogP contribution in [0.15, 0.2) is 48.7 Å². The fourth-order valence-corrected chi connectivity index (χ4v) is 2.04. The summed E-state index contributed by atoms with van der Waals surface area (Å²) in [5.41, 5.74) is 8.10. The van der Waals surface area contributed by atoms with Crippen LogP contribution < -0.4 is 11.1 Å². The molecule has 0 fully saturated rings. The lowest BCUT2D eigenvalue weighted by Gasteiger charge is -2.33. The zero-order valence-electron chi connectivity index (χ0n) is 11.7. The van der Waals surface area contributed by atoms with Crippen LogP contribution in [0.1, 0.15) is 11.3 Å². The largest absolute Gasteiger partial charge is 0.332 e. The molecule has 20 heavy (non-hydrogen) atoms. The normalized spacial score (nSPS) is 11.3. The Kier molecular flexibility index (Phi) is 4.68. The zero-order valence-corrected chi connectivity index (χ0v) is 11.7. The molecular formula is C15H19N3O2. The number of aromatic nitrogens is 1. The molecule has 0 aliphatic rings. The van der Waals surface area contributed by atoms with E-state index in [2.05, 4.69) is 10.3 Å². The van der Waals surface area contributed by atoms with E-state index in [0.717, 1.165) is 16.9 Å². The van der Waals surface area contributed by atoms with Gasteiger partial charge in [-0.05, 0) is 12.1 Å². The van der Waals surface area contributed by atoms with E-state index in [9.17, 15) is 0 Å². The highest BCUT2D eigenvalue weighted by Crippen LogP contribution is 2.29. The van der Waals surface area contributed by atoms with Gasteiger partial charge in [-0.1, -0.05) is 30.3 Å². The molecule has 5 nitrogen and oxygen atoms in total. The Morgan fingerprint density at radius 1 is 1.10 bits per heavy atom. The summed E-state index contributed by atoms with van der Waals surface area (Å²) in [6, 6.07) is 13.4. The molecule has 0 spiro atoms. The van der Waals surface area contributed by atoms with E-state index < -0.39 is 5.91 Å². The molecule has 0 aliphatic carbocycles. The van der Waals surface area contributed by atoms with Crippen LogP contribution in [0, 0.1) is 0 Å². The topological polar surface area (TPSA) is 69.4 Å². The van der Waals surface area contributed by atoms with Gasteiger partial charge < -0.3 is 20.5 Å². The first-order chi connectivity index (χ1) is 9.75. The fraction of sp³-hybridized carbons (Fsp3) is 0.267. The predicted octanol–water partition coefficient (Wildman–Crippen LogP) is 2.06. The minimum absolute atomic E-state index is 0.335. The standard InChI is InChI=1S/C15H19N3O2/c1-19-15(20-2,12-7-4-3-5-8-12)18-13-9-6-10-17-14(13)11-16/h3-10,18H,11,16H2,1-2H3. The van der Waals surface area contributed by atoms with Crippen molar-refractivity contribution < 1.29 is 9.47 Å². The molecule has 1 aromatic carbocycles. The van der Waals surface area contributed by atoms with Crippen LogP contribution in [0.3, 0.4) is 0 Å². The van der Waals surface area contributed by atoms with Crippen molar-refractivity contribution in [1.29, 1.82) is 0 Å². The number of hydrogen-bond donors (Lipinski definition) is 2. The molecule has 0 amide bonds. The lowest BCUT2D eigenvalue weighted by molar-refractivity contribution is -0.193. The van der Waals surface area contributed by atoms with Gasteiger partial charge in [0.05, 0.1) is 11.4 Å². The summed E-state index contributed by atoms with van der Waals surface area (Å²) in [4.78, 5) is 4.24. The maximum absolute atomic E-state index is 5.71. The van der Waals surface area contributed by atoms with Crippen LogP contribution in [0.4, 0.5) is 5.69 Å². The van der Waals surface area contributed by atoms with Gasteiger partial charge in [0.2, 0.25) is 0 Å². The summed E-state index contributed by atoms with van der Waals surface area (Å²) >= 11 is 0. The van der Waals surface area contributed by atoms with Crippen LogP contribution in [0.2, 0.25) is 0 Å². The van der Waals surface area contributed by atoms with E-state index in [4.69, 9.17) is 15.2 Å². The first-order valence-corrected chi connectivity index (χ1v) is 6.33. The molecule has 0 unspecified atom stereocenters. The van der Waals surface area contributed by atoms with Crippen LogP contribution in [0.5, 0.6) is 0 Å². The Balaban J connectivity index is 2.39. The lowest BCUT2D eigenvalue weighted by atomic mass is 10.1. The first kappa shape index (κ1) is 14.5. The van der Waals surface area contributed by atoms with Gasteiger partial charge in [0, 0.05) is 32.5 Å². The number of anilines is 1. The van der Waals surface area contributed by atoms with Crippen molar-refractivity contribution in [2.24, 2.45) is 5.73 Å². The average molecular weight is 273 g/mol. The van der Waals surface area contributed by atoms with E-state index in [1.807, 2.05) is 42.5 Å². The molecule has 1 heterocycles. The molecule has 2 aromatic rings. The van der Waals surface area contributed by atoms with Gasteiger partial charge in [-0.25, -0.2) is 0 Å². The Bertz CT molecular complexity index is 542. The third-order valence-electron chi connectivity index (χ3n) is 3.11. The molecule has 5 heteroatoms. The highest BCUT2D eigenvalue weighted by Gasteiger charge is 2.32. The second-order valence-electron chi connectivity index (χ2n) is 4.22. The second kappa shape index (κ2) is 6.47. The van der Waals surface area contributed by atoms with Gasteiger partial charge in [-0.15, -0.1) is 0 Å². The summed E-state index contributed by atoms with van der Waals surface area (Å²) in [6.45, 7) is 0.335. The summed E-state index contributed by atoms with van der Waals surface area (Å²) in [7, 11) is 3.17. The Hall–Kier alpha value is -1.95. The quantitative estimate of drug-likeness (QED) is 0.788. The maximum atomic E-state index is 5.71. The number of ether oxygens (including phenoxy) is 2. The van der Waals surface area contributed by atoms with Crippen molar-refractivity contribution in [3.8, 4) is 0 Å². The van der Waals surface area contributed by atoms with Gasteiger partial charge in [-0.3, -0.25) is 4.98 Å². The van der Waals surface area contributed by atoms with Crippen LogP contribution >= 0.6 is 0 Å². The molecule has 0 saturated heterocycles. The number of nitrogens with two attached hydrogens (primary N) is 1. The molecule has 3 N–H and O–H groups in total. The van der Waals surface area contributed by atoms with Crippen molar-refractivity contribution in [3.63, 3.8) is 0 Å². The predicted molar refractivity (Wildman–Crippen MR) is 77.9 cm³/mol. The first-order valence-electron chi connectivity index (χ1n) is 6.33. The third kappa shape index (κ3) is 2.80. The minimum Gasteiger partial charge on any atom is -0.332 e. The summed E-state index contributed by atoms with van der Waals surface area (Å²) in [5.74, 6) is -1.08. The van der Waals surface area contributed by atoms with Gasteiger partial charge in [-0.2, -0.15) is 0 Å². The van der Waals surface area contributed by atoms with Crippen molar-refractivity contribution in [3.05, 3.63) is 59.9 Å². The average Bonchev–Trinajstić information content (AvgIpc) is 2.54. The van der Waals surface area contributed by atoms with Crippen molar-refractivity contribution >= 4 is 5.69 Å². The Labute approximate surface area is 118 Å². The van der Waals surface area contributed by atoms with Gasteiger partial charge in [0.1, 0.15) is 0 Å². The summed E-state index contributed by atoms with van der Waals surface area (Å²) < 4.78 is 11.1. The fourth-order valence-electron chi connectivity index (χ4n) is 2.04. The lowest BCUT2D eigenvalue weighted by Crippen LogP contribution is -2.39. The summed E-state index contributed by atoms with van der Waals surface area (Å²) in [5, 5.41) is 3.24. The minimum atomic E-state index is -1.08. The highest BCUT2D eigenvalue weighted by atomic mass is 16.7. The van der Waals surface area contributed by atoms with Gasteiger partial charge >= 0.3 is 0 Å². The zero-order chi connectivity index (χ0) is 14.4. The van der Waals surface area contributed by atoms with E-state index in [1.54, 1.807) is 20.4 Å². The van der Waals surface area contributed by atoms with Gasteiger partial charge in [0.15, 0.2) is 0 Å². The number of nitrogens with one attached hydrogen (secondary N) is 1. The second-order valence-corrected chi connectivity index (χ2v) is 4.22. The molecule has 0 atom stereocenters. The monoisotopic (exact) mass is 273 g/mol. The van der Waals surface area contributed by atoms with Crippen LogP contribution in [-0.4, -0.2) is 19.2 Å². The molecule has 0 radical (unpaired) electrons. The van der Waals surface area contributed by atoms with E-state index >= 15 is 0 Å². The SMILES string of the molecule is COC(Nc1cccnc1CN)(OC)c1ccccc1. The van der Waals surface area contributed by atoms with Crippen molar-refractivity contribution in [1.82, 2.24) is 4.98 Å². The van der Waals surface area contributed by atoms with E-state index in [1.165, 1.54) is 0 Å². The number of nitrogens with zero attached hydrogens (tertiary/aromatic N) is 1. The Morgan fingerprint density at radius 3 is 2.40 bits per heavy atom. The van der Waals surface area contributed by atoms with E-state index in [0.29, 0.717) is 6.54 Å². The maximum Gasteiger partial charge on any atom is 0.277 e. The number of hydrogen-bond acceptors (Lipinski definition) is 5. The highest BCUT2D eigenvalue weighted by molar-refractivity contribution is 5.50. The van der Waals surface area contributed by atoms with Crippen molar-refractivity contribution in [2.75, 3.05) is 19.5 Å². The molecule has 0 bridgehead atoms. The molecular weight excluding hydrogens is 254 g/mol. The van der Waals surface area contributed by atoms with Crippen molar-refractivity contribution in [2.45, 2.75) is 12.5 Å². The van der Waals surface area contributed by atoms with E-state index in [-0.39, 0.29) is 0 Å². The number of rotatable bonds is 6. The molecule has 106 valence electrons. The van der Waals surface area contributed by atoms with Gasteiger partial charge in [0.25, 0.3) is 5.91 Å². The number of methoxy groups -OCH3 is 2. The molecule has 0 saturated carbocycles. The van der Waals surface area contributed by atoms with Crippen LogP contribution in [-0.2, 0) is 21.9 Å². The number of benzene rings is 1. The third-order valence-corrected chi connectivity index (χ3v) is 3.11. The molecule has 2 rings (SSSR count).